The van der Waals surface area contributed by atoms with Gasteiger partial charge in [0.25, 0.3) is 5.56 Å². The summed E-state index contributed by atoms with van der Waals surface area (Å²) in [7, 11) is 0. The van der Waals surface area contributed by atoms with Gasteiger partial charge in [-0.25, -0.2) is 4.68 Å². The summed E-state index contributed by atoms with van der Waals surface area (Å²) in [5.41, 5.74) is 3.24. The van der Waals surface area contributed by atoms with E-state index in [-0.39, 0.29) is 17.5 Å². The van der Waals surface area contributed by atoms with Crippen molar-refractivity contribution in [3.05, 3.63) is 57.5 Å². The molecule has 0 bridgehead atoms. The Hall–Kier alpha value is -2.63. The van der Waals surface area contributed by atoms with Crippen molar-refractivity contribution < 1.29 is 9.53 Å². The second-order valence-electron chi connectivity index (χ2n) is 8.33. The second-order valence-corrected chi connectivity index (χ2v) is 8.33. The zero-order chi connectivity index (χ0) is 20.9. The number of aromatic nitrogens is 2. The molecule has 2 aliphatic rings. The van der Waals surface area contributed by atoms with Crippen molar-refractivity contribution in [1.29, 1.82) is 0 Å². The SMILES string of the molecule is CCOc1ccc(CC(=O)N2CCC(n3nc4c(cc3=O)CCCCC4)CC2)cc1. The van der Waals surface area contributed by atoms with Gasteiger partial charge >= 0.3 is 0 Å². The summed E-state index contributed by atoms with van der Waals surface area (Å²) in [5, 5.41) is 4.75. The molecule has 6 heteroatoms. The Kier molecular flexibility index (Phi) is 6.50. The lowest BCUT2D eigenvalue weighted by molar-refractivity contribution is -0.131. The third-order valence-corrected chi connectivity index (χ3v) is 6.24. The number of carbonyl (C=O) groups is 1. The molecule has 1 saturated heterocycles. The van der Waals surface area contributed by atoms with Gasteiger partial charge in [0.2, 0.25) is 5.91 Å². The van der Waals surface area contributed by atoms with Crippen LogP contribution in [-0.2, 0) is 24.1 Å². The van der Waals surface area contributed by atoms with Crippen molar-refractivity contribution in [3.63, 3.8) is 0 Å². The van der Waals surface area contributed by atoms with Crippen LogP contribution in [0.1, 0.15) is 61.9 Å². The lowest BCUT2D eigenvalue weighted by Crippen LogP contribution is -2.42. The molecule has 6 nitrogen and oxygen atoms in total. The third-order valence-electron chi connectivity index (χ3n) is 6.24. The fourth-order valence-electron chi connectivity index (χ4n) is 4.53. The number of likely N-dealkylation sites (tertiary alicyclic amines) is 1. The Morgan fingerprint density at radius 2 is 1.83 bits per heavy atom. The number of nitrogens with zero attached hydrogens (tertiary/aromatic N) is 3. The van der Waals surface area contributed by atoms with E-state index in [1.165, 1.54) is 6.42 Å². The largest absolute Gasteiger partial charge is 0.494 e. The Morgan fingerprint density at radius 1 is 1.10 bits per heavy atom. The van der Waals surface area contributed by atoms with Crippen molar-refractivity contribution in [3.8, 4) is 5.75 Å². The fourth-order valence-corrected chi connectivity index (χ4v) is 4.53. The minimum Gasteiger partial charge on any atom is -0.494 e. The zero-order valence-corrected chi connectivity index (χ0v) is 17.8. The molecule has 4 rings (SSSR count). The number of amides is 1. The highest BCUT2D eigenvalue weighted by Gasteiger charge is 2.26. The maximum atomic E-state index is 12.7. The summed E-state index contributed by atoms with van der Waals surface area (Å²) in [5.74, 6) is 0.966. The Morgan fingerprint density at radius 3 is 2.57 bits per heavy atom. The number of fused-ring (bicyclic) bond motifs is 1. The minimum atomic E-state index is 0.00909. The molecule has 160 valence electrons. The van der Waals surface area contributed by atoms with Crippen LogP contribution in [0.4, 0.5) is 0 Å². The summed E-state index contributed by atoms with van der Waals surface area (Å²) < 4.78 is 7.15. The van der Waals surface area contributed by atoms with Gasteiger partial charge in [-0.1, -0.05) is 18.6 Å². The zero-order valence-electron chi connectivity index (χ0n) is 17.8. The molecule has 30 heavy (non-hydrogen) atoms. The Labute approximate surface area is 177 Å². The molecule has 1 aromatic carbocycles. The lowest BCUT2D eigenvalue weighted by atomic mass is 10.0. The molecule has 1 aliphatic carbocycles. The maximum Gasteiger partial charge on any atom is 0.267 e. The van der Waals surface area contributed by atoms with Gasteiger partial charge in [-0.3, -0.25) is 9.59 Å². The van der Waals surface area contributed by atoms with Crippen molar-refractivity contribution in [2.24, 2.45) is 0 Å². The van der Waals surface area contributed by atoms with E-state index in [0.29, 0.717) is 26.1 Å². The molecule has 0 unspecified atom stereocenters. The lowest BCUT2D eigenvalue weighted by Gasteiger charge is -2.32. The molecular weight excluding hydrogens is 378 g/mol. The molecule has 0 atom stereocenters. The van der Waals surface area contributed by atoms with Crippen molar-refractivity contribution in [2.45, 2.75) is 64.3 Å². The predicted octanol–water partition coefficient (Wildman–Crippen LogP) is 3.32. The van der Waals surface area contributed by atoms with Gasteiger partial charge in [-0.15, -0.1) is 0 Å². The van der Waals surface area contributed by atoms with Gasteiger partial charge in [-0.05, 0) is 68.7 Å². The molecule has 2 aromatic rings. The number of ether oxygens (including phenoxy) is 1. The van der Waals surface area contributed by atoms with E-state index in [1.807, 2.05) is 36.1 Å². The summed E-state index contributed by atoms with van der Waals surface area (Å²) in [6.45, 7) is 3.93. The Balaban J connectivity index is 1.36. The van der Waals surface area contributed by atoms with Gasteiger partial charge in [0.1, 0.15) is 5.75 Å². The topological polar surface area (TPSA) is 64.4 Å². The average molecular weight is 410 g/mol. The van der Waals surface area contributed by atoms with E-state index in [1.54, 1.807) is 10.7 Å². The summed E-state index contributed by atoms with van der Waals surface area (Å²) >= 11 is 0. The van der Waals surface area contributed by atoms with E-state index in [4.69, 9.17) is 9.84 Å². The monoisotopic (exact) mass is 409 g/mol. The van der Waals surface area contributed by atoms with E-state index < -0.39 is 0 Å². The molecule has 0 spiro atoms. The molecule has 2 heterocycles. The summed E-state index contributed by atoms with van der Waals surface area (Å²) in [6.07, 6.45) is 7.39. The van der Waals surface area contributed by atoms with Crippen LogP contribution < -0.4 is 10.3 Å². The van der Waals surface area contributed by atoms with E-state index in [0.717, 1.165) is 61.1 Å². The quantitative estimate of drug-likeness (QED) is 0.711. The van der Waals surface area contributed by atoms with E-state index in [9.17, 15) is 9.59 Å². The van der Waals surface area contributed by atoms with Crippen LogP contribution >= 0.6 is 0 Å². The highest BCUT2D eigenvalue weighted by atomic mass is 16.5. The first-order valence-corrected chi connectivity index (χ1v) is 11.2. The highest BCUT2D eigenvalue weighted by molar-refractivity contribution is 5.78. The number of aryl methyl sites for hydroxylation is 2. The minimum absolute atomic E-state index is 0.00909. The number of piperidine rings is 1. The van der Waals surface area contributed by atoms with Gasteiger partial charge in [0, 0.05) is 19.2 Å². The van der Waals surface area contributed by atoms with Gasteiger partial charge in [0.15, 0.2) is 0 Å². The highest BCUT2D eigenvalue weighted by Crippen LogP contribution is 2.23. The average Bonchev–Trinajstić information content (AvgIpc) is 2.99. The molecule has 0 saturated carbocycles. The normalized spacial score (nSPS) is 17.3. The van der Waals surface area contributed by atoms with Gasteiger partial charge < -0.3 is 9.64 Å². The third kappa shape index (κ3) is 4.74. The van der Waals surface area contributed by atoms with Crippen LogP contribution in [0, 0.1) is 0 Å². The molecular formula is C24H31N3O3. The van der Waals surface area contributed by atoms with Crippen molar-refractivity contribution in [2.75, 3.05) is 19.7 Å². The number of benzene rings is 1. The first kappa shape index (κ1) is 20.6. The van der Waals surface area contributed by atoms with Crippen LogP contribution in [0.15, 0.2) is 35.1 Å². The van der Waals surface area contributed by atoms with Crippen LogP contribution in [-0.4, -0.2) is 40.3 Å². The maximum absolute atomic E-state index is 12.7. The van der Waals surface area contributed by atoms with Gasteiger partial charge in [0.05, 0.1) is 24.8 Å². The molecule has 1 fully saturated rings. The number of rotatable bonds is 5. The predicted molar refractivity (Wildman–Crippen MR) is 116 cm³/mol. The molecule has 0 radical (unpaired) electrons. The van der Waals surface area contributed by atoms with Crippen molar-refractivity contribution >= 4 is 5.91 Å². The number of hydrogen-bond acceptors (Lipinski definition) is 4. The van der Waals surface area contributed by atoms with Crippen LogP contribution in [0.25, 0.3) is 0 Å². The molecule has 1 aromatic heterocycles. The van der Waals surface area contributed by atoms with Crippen molar-refractivity contribution in [1.82, 2.24) is 14.7 Å². The van der Waals surface area contributed by atoms with E-state index >= 15 is 0 Å². The first-order valence-electron chi connectivity index (χ1n) is 11.2. The second kappa shape index (κ2) is 9.45. The smallest absolute Gasteiger partial charge is 0.267 e. The summed E-state index contributed by atoms with van der Waals surface area (Å²) in [6, 6.07) is 9.62. The van der Waals surface area contributed by atoms with Crippen LogP contribution in [0.2, 0.25) is 0 Å². The number of carbonyl (C=O) groups excluding carboxylic acids is 1. The molecule has 1 amide bonds. The van der Waals surface area contributed by atoms with Gasteiger partial charge in [-0.2, -0.15) is 5.10 Å². The number of hydrogen-bond donors (Lipinski definition) is 0. The summed E-state index contributed by atoms with van der Waals surface area (Å²) in [4.78, 5) is 27.3. The Bertz CT molecular complexity index is 928. The molecule has 0 N–H and O–H groups in total. The standard InChI is InChI=1S/C24H31N3O3/c1-2-30-21-10-8-18(9-11-21)16-23(28)26-14-12-20(13-15-26)27-24(29)17-19-6-4-3-5-7-22(19)25-27/h8-11,17,20H,2-7,12-16H2,1H3. The van der Waals surface area contributed by atoms with E-state index in [2.05, 4.69) is 0 Å². The van der Waals surface area contributed by atoms with Crippen LogP contribution in [0.3, 0.4) is 0 Å². The first-order chi connectivity index (χ1) is 14.6. The van der Waals surface area contributed by atoms with Crippen LogP contribution in [0.5, 0.6) is 5.75 Å². The fraction of sp³-hybridized carbons (Fsp3) is 0.542. The molecule has 1 aliphatic heterocycles.